The van der Waals surface area contributed by atoms with Gasteiger partial charge < -0.3 is 9.67 Å². The zero-order valence-corrected chi connectivity index (χ0v) is 10.4. The quantitative estimate of drug-likeness (QED) is 0.866. The standard InChI is InChI=1S/C11H10INO2/c1-2-13-9(12)6-7-4-3-5-8(10(7)13)11(14)15/h3-6H,2H2,1H3,(H,14,15). The van der Waals surface area contributed by atoms with Gasteiger partial charge >= 0.3 is 5.97 Å². The number of rotatable bonds is 2. The van der Waals surface area contributed by atoms with E-state index in [1.165, 1.54) is 0 Å². The van der Waals surface area contributed by atoms with Crippen molar-refractivity contribution in [3.8, 4) is 0 Å². The Bertz CT molecular complexity index is 531. The molecular weight excluding hydrogens is 305 g/mol. The third kappa shape index (κ3) is 1.62. The summed E-state index contributed by atoms with van der Waals surface area (Å²) in [5.74, 6) is -0.871. The van der Waals surface area contributed by atoms with E-state index >= 15 is 0 Å². The fourth-order valence-electron chi connectivity index (χ4n) is 1.77. The fourth-order valence-corrected chi connectivity index (χ4v) is 2.69. The van der Waals surface area contributed by atoms with Crippen molar-refractivity contribution in [2.75, 3.05) is 0 Å². The number of carboxylic acids is 1. The number of hydrogen-bond donors (Lipinski definition) is 1. The molecule has 4 heteroatoms. The molecule has 15 heavy (non-hydrogen) atoms. The van der Waals surface area contributed by atoms with Crippen LogP contribution >= 0.6 is 22.6 Å². The second-order valence-electron chi connectivity index (χ2n) is 3.26. The highest BCUT2D eigenvalue weighted by molar-refractivity contribution is 14.1. The van der Waals surface area contributed by atoms with E-state index in [0.29, 0.717) is 5.56 Å². The Morgan fingerprint density at radius 2 is 2.27 bits per heavy atom. The molecule has 3 nitrogen and oxygen atoms in total. The predicted octanol–water partition coefficient (Wildman–Crippen LogP) is 2.96. The molecule has 0 spiro atoms. The zero-order valence-electron chi connectivity index (χ0n) is 8.20. The number of aryl methyl sites for hydroxylation is 1. The Kier molecular flexibility index (Phi) is 2.68. The van der Waals surface area contributed by atoms with Gasteiger partial charge in [0.1, 0.15) is 0 Å². The van der Waals surface area contributed by atoms with Crippen LogP contribution in [0.2, 0.25) is 0 Å². The molecule has 0 bridgehead atoms. The minimum atomic E-state index is -0.871. The van der Waals surface area contributed by atoms with Crippen molar-refractivity contribution in [3.63, 3.8) is 0 Å². The summed E-state index contributed by atoms with van der Waals surface area (Å²) in [5, 5.41) is 10.1. The van der Waals surface area contributed by atoms with Crippen LogP contribution in [0.5, 0.6) is 0 Å². The van der Waals surface area contributed by atoms with Crippen molar-refractivity contribution in [2.45, 2.75) is 13.5 Å². The van der Waals surface area contributed by atoms with E-state index in [1.807, 2.05) is 23.6 Å². The maximum absolute atomic E-state index is 11.1. The average Bonchev–Trinajstić information content (AvgIpc) is 2.52. The monoisotopic (exact) mass is 315 g/mol. The lowest BCUT2D eigenvalue weighted by molar-refractivity contribution is 0.0698. The molecular formula is C11H10INO2. The van der Waals surface area contributed by atoms with E-state index in [2.05, 4.69) is 22.6 Å². The molecule has 0 radical (unpaired) electrons. The SMILES string of the molecule is CCn1c(I)cc2cccc(C(=O)O)c21. The van der Waals surface area contributed by atoms with Gasteiger partial charge in [-0.15, -0.1) is 0 Å². The first kappa shape index (κ1) is 10.5. The van der Waals surface area contributed by atoms with E-state index in [1.54, 1.807) is 12.1 Å². The summed E-state index contributed by atoms with van der Waals surface area (Å²) in [6.07, 6.45) is 0. The summed E-state index contributed by atoms with van der Waals surface area (Å²) in [6.45, 7) is 2.80. The van der Waals surface area contributed by atoms with Gasteiger partial charge in [-0.25, -0.2) is 4.79 Å². The molecule has 0 unspecified atom stereocenters. The van der Waals surface area contributed by atoms with Gasteiger partial charge in [0.15, 0.2) is 0 Å². The second kappa shape index (κ2) is 3.84. The van der Waals surface area contributed by atoms with Crippen molar-refractivity contribution >= 4 is 39.5 Å². The van der Waals surface area contributed by atoms with E-state index in [9.17, 15) is 4.79 Å². The van der Waals surface area contributed by atoms with E-state index < -0.39 is 5.97 Å². The zero-order chi connectivity index (χ0) is 11.0. The first-order chi connectivity index (χ1) is 7.15. The first-order valence-electron chi connectivity index (χ1n) is 4.66. The van der Waals surface area contributed by atoms with Crippen molar-refractivity contribution < 1.29 is 9.90 Å². The van der Waals surface area contributed by atoms with Gasteiger partial charge in [-0.2, -0.15) is 0 Å². The van der Waals surface area contributed by atoms with Gasteiger partial charge in [-0.3, -0.25) is 0 Å². The van der Waals surface area contributed by atoms with Crippen LogP contribution in [0, 0.1) is 3.70 Å². The van der Waals surface area contributed by atoms with Crippen LogP contribution in [0.25, 0.3) is 10.9 Å². The molecule has 1 aromatic carbocycles. The molecule has 1 aromatic heterocycles. The summed E-state index contributed by atoms with van der Waals surface area (Å²) < 4.78 is 3.08. The maximum atomic E-state index is 11.1. The summed E-state index contributed by atoms with van der Waals surface area (Å²) in [5.41, 5.74) is 1.19. The lowest BCUT2D eigenvalue weighted by Crippen LogP contribution is -2.03. The fraction of sp³-hybridized carbons (Fsp3) is 0.182. The molecule has 1 N–H and O–H groups in total. The molecule has 2 rings (SSSR count). The van der Waals surface area contributed by atoms with E-state index in [0.717, 1.165) is 21.1 Å². The number of fused-ring (bicyclic) bond motifs is 1. The molecule has 0 amide bonds. The number of carboxylic acid groups (broad SMARTS) is 1. The van der Waals surface area contributed by atoms with E-state index in [4.69, 9.17) is 5.11 Å². The van der Waals surface area contributed by atoms with Crippen LogP contribution in [0.3, 0.4) is 0 Å². The summed E-state index contributed by atoms with van der Waals surface area (Å²) in [7, 11) is 0. The van der Waals surface area contributed by atoms with Gasteiger partial charge in [0.05, 0.1) is 14.8 Å². The Morgan fingerprint density at radius 1 is 1.53 bits per heavy atom. The highest BCUT2D eigenvalue weighted by Crippen LogP contribution is 2.24. The smallest absolute Gasteiger partial charge is 0.337 e. The molecule has 2 aromatic rings. The number of benzene rings is 1. The Hall–Kier alpha value is -1.04. The Balaban J connectivity index is 2.87. The summed E-state index contributed by atoms with van der Waals surface area (Å²) >= 11 is 2.22. The van der Waals surface area contributed by atoms with Crippen LogP contribution in [0.4, 0.5) is 0 Å². The van der Waals surface area contributed by atoms with Crippen molar-refractivity contribution in [2.24, 2.45) is 0 Å². The number of carbonyl (C=O) groups is 1. The van der Waals surface area contributed by atoms with Gasteiger partial charge in [0.25, 0.3) is 0 Å². The average molecular weight is 315 g/mol. The van der Waals surface area contributed by atoms with Gasteiger partial charge in [-0.05, 0) is 41.6 Å². The maximum Gasteiger partial charge on any atom is 0.337 e. The molecule has 0 atom stereocenters. The van der Waals surface area contributed by atoms with Crippen molar-refractivity contribution in [1.29, 1.82) is 0 Å². The number of aromatic nitrogens is 1. The van der Waals surface area contributed by atoms with Gasteiger partial charge in [0, 0.05) is 11.9 Å². The number of nitrogens with zero attached hydrogens (tertiary/aromatic N) is 1. The minimum Gasteiger partial charge on any atom is -0.478 e. The highest BCUT2D eigenvalue weighted by atomic mass is 127. The number of para-hydroxylation sites is 1. The molecule has 0 aliphatic heterocycles. The lowest BCUT2D eigenvalue weighted by Gasteiger charge is -2.05. The predicted molar refractivity (Wildman–Crippen MR) is 67.3 cm³/mol. The Labute approximate surface area is 101 Å². The summed E-state index contributed by atoms with van der Waals surface area (Å²) in [4.78, 5) is 11.1. The second-order valence-corrected chi connectivity index (χ2v) is 4.37. The minimum absolute atomic E-state index is 0.372. The highest BCUT2D eigenvalue weighted by Gasteiger charge is 2.13. The van der Waals surface area contributed by atoms with Crippen LogP contribution in [0.15, 0.2) is 24.3 Å². The summed E-state index contributed by atoms with van der Waals surface area (Å²) in [6, 6.07) is 7.37. The topological polar surface area (TPSA) is 42.2 Å². The van der Waals surface area contributed by atoms with Crippen LogP contribution < -0.4 is 0 Å². The molecule has 0 aliphatic rings. The van der Waals surface area contributed by atoms with Crippen molar-refractivity contribution in [3.05, 3.63) is 33.5 Å². The normalized spacial score (nSPS) is 10.8. The molecule has 0 aliphatic carbocycles. The van der Waals surface area contributed by atoms with Crippen LogP contribution in [0.1, 0.15) is 17.3 Å². The third-order valence-corrected chi connectivity index (χ3v) is 3.31. The van der Waals surface area contributed by atoms with Gasteiger partial charge in [0.2, 0.25) is 0 Å². The number of halogens is 1. The lowest BCUT2D eigenvalue weighted by atomic mass is 10.1. The molecule has 0 saturated carbocycles. The number of hydrogen-bond acceptors (Lipinski definition) is 1. The molecule has 1 heterocycles. The van der Waals surface area contributed by atoms with Crippen LogP contribution in [-0.4, -0.2) is 15.6 Å². The largest absolute Gasteiger partial charge is 0.478 e. The van der Waals surface area contributed by atoms with Crippen molar-refractivity contribution in [1.82, 2.24) is 4.57 Å². The van der Waals surface area contributed by atoms with Crippen LogP contribution in [-0.2, 0) is 6.54 Å². The molecule has 0 saturated heterocycles. The number of aromatic carboxylic acids is 1. The van der Waals surface area contributed by atoms with E-state index in [-0.39, 0.29) is 0 Å². The first-order valence-corrected chi connectivity index (χ1v) is 5.74. The molecule has 78 valence electrons. The third-order valence-electron chi connectivity index (χ3n) is 2.42. The molecule has 0 fully saturated rings. The Morgan fingerprint density at radius 3 is 2.87 bits per heavy atom. The van der Waals surface area contributed by atoms with Gasteiger partial charge in [-0.1, -0.05) is 12.1 Å².